The predicted octanol–water partition coefficient (Wildman–Crippen LogP) is 6.26. The van der Waals surface area contributed by atoms with Crippen molar-refractivity contribution in [2.24, 2.45) is 0 Å². The molecule has 0 bridgehead atoms. The average Bonchev–Trinajstić information content (AvgIpc) is 3.94. The van der Waals surface area contributed by atoms with Gasteiger partial charge in [-0.2, -0.15) is 0 Å². The normalized spacial score (nSPS) is 13.9. The molecule has 12 nitrogen and oxygen atoms in total. The second-order valence-electron chi connectivity index (χ2n) is 12.6. The fourth-order valence-corrected chi connectivity index (χ4v) is 7.16. The van der Waals surface area contributed by atoms with Gasteiger partial charge in [0.2, 0.25) is 0 Å². The van der Waals surface area contributed by atoms with E-state index < -0.39 is 46.4 Å². The monoisotopic (exact) mass is 736 g/mol. The number of carbonyl (C=O) groups excluding carboxylic acids is 4. The molecule has 0 saturated heterocycles. The van der Waals surface area contributed by atoms with Gasteiger partial charge in [-0.25, -0.2) is 38.4 Å². The third-order valence-corrected chi connectivity index (χ3v) is 9.90. The molecule has 3 aliphatic rings. The fraction of sp³-hybridized carbons (Fsp3) is 0.116. The van der Waals surface area contributed by atoms with Crippen molar-refractivity contribution in [2.45, 2.75) is 32.1 Å². The van der Waals surface area contributed by atoms with Crippen molar-refractivity contribution >= 4 is 45.4 Å². The second-order valence-corrected chi connectivity index (χ2v) is 12.6. The molecule has 7 aromatic rings. The molecule has 272 valence electrons. The van der Waals surface area contributed by atoms with Crippen LogP contribution in [0.5, 0.6) is 0 Å². The Morgan fingerprint density at radius 3 is 0.909 bits per heavy atom. The van der Waals surface area contributed by atoms with Crippen LogP contribution in [0.2, 0.25) is 0 Å². The summed E-state index contributed by atoms with van der Waals surface area (Å²) in [6, 6.07) is 33.1. The highest BCUT2D eigenvalue weighted by Gasteiger charge is 2.39. The van der Waals surface area contributed by atoms with Gasteiger partial charge in [0.25, 0.3) is 0 Å². The maximum Gasteiger partial charge on any atom is 0.346 e. The zero-order chi connectivity index (χ0) is 39.0. The van der Waals surface area contributed by atoms with Crippen LogP contribution in [0.25, 0.3) is 32.7 Å². The Morgan fingerprint density at radius 1 is 0.382 bits per heavy atom. The third kappa shape index (κ3) is 6.19. The average molecular weight is 737 g/mol. The molecule has 0 N–H and O–H groups in total. The van der Waals surface area contributed by atoms with Crippen LogP contribution in [0.4, 0.5) is 0 Å². The zero-order valence-corrected chi connectivity index (χ0v) is 29.2. The second kappa shape index (κ2) is 14.2. The molecule has 0 atom stereocenters. The van der Waals surface area contributed by atoms with E-state index in [4.69, 9.17) is 0 Å². The van der Waals surface area contributed by atoms with Gasteiger partial charge in [-0.1, -0.05) is 86.6 Å². The smallest absolute Gasteiger partial charge is 0.346 e. The maximum absolute atomic E-state index is 11.2. The molecule has 2 aliphatic heterocycles. The molecule has 0 unspecified atom stereocenters. The van der Waals surface area contributed by atoms with Crippen LogP contribution in [-0.4, -0.2) is 23.9 Å². The summed E-state index contributed by atoms with van der Waals surface area (Å²) in [6.45, 7) is 4.62. The van der Waals surface area contributed by atoms with Gasteiger partial charge in [0.1, 0.15) is 0 Å². The minimum atomic E-state index is -0.824. The minimum Gasteiger partial charge on any atom is -0.386 e. The molecule has 2 aromatic heterocycles. The molecule has 5 aromatic carbocycles. The first kappa shape index (κ1) is 36.0. The fourth-order valence-electron chi connectivity index (χ4n) is 7.16. The Labute approximate surface area is 309 Å². The van der Waals surface area contributed by atoms with Gasteiger partial charge in [0.15, 0.2) is 0 Å². The van der Waals surface area contributed by atoms with Crippen LogP contribution < -0.4 is 22.5 Å². The summed E-state index contributed by atoms with van der Waals surface area (Å²) in [5.41, 5.74) is 4.29. The highest BCUT2D eigenvalue weighted by molar-refractivity contribution is 6.15. The number of esters is 4. The number of hydrogen-bond acceptors (Lipinski definition) is 12. The zero-order valence-electron chi connectivity index (χ0n) is 29.2. The molecule has 0 amide bonds. The van der Waals surface area contributed by atoms with Crippen molar-refractivity contribution in [2.75, 3.05) is 0 Å². The van der Waals surface area contributed by atoms with Crippen molar-refractivity contribution in [1.82, 2.24) is 0 Å². The Balaban J connectivity index is 0.000000115. The molecule has 0 radical (unpaired) electrons. The highest BCUT2D eigenvalue weighted by Crippen LogP contribution is 2.52. The first-order valence-corrected chi connectivity index (χ1v) is 17.1. The van der Waals surface area contributed by atoms with E-state index in [-0.39, 0.29) is 27.0 Å². The lowest BCUT2D eigenvalue weighted by molar-refractivity contribution is 0.0425. The van der Waals surface area contributed by atoms with Gasteiger partial charge >= 0.3 is 46.4 Å². The molecule has 55 heavy (non-hydrogen) atoms. The molecule has 12 heteroatoms. The van der Waals surface area contributed by atoms with E-state index in [0.29, 0.717) is 22.3 Å². The molecular formula is C43H28O12. The van der Waals surface area contributed by atoms with Crippen LogP contribution >= 0.6 is 0 Å². The first-order chi connectivity index (χ1) is 26.5. The number of cyclic esters (lactones) is 4. The van der Waals surface area contributed by atoms with E-state index in [1.54, 1.807) is 48.5 Å². The van der Waals surface area contributed by atoms with Crippen LogP contribution in [0.3, 0.4) is 0 Å². The largest absolute Gasteiger partial charge is 0.386 e. The van der Waals surface area contributed by atoms with Gasteiger partial charge in [-0.3, -0.25) is 0 Å². The summed E-state index contributed by atoms with van der Waals surface area (Å²) < 4.78 is 17.4. The SMILES string of the molecule is CCC1(CC)c2ccccc2-c2ccccc21.O=C1OC(=O)c2ccccc21.O=C1OC(=O)c2ccccc21.O=c1oc(=O)c2cc3c(=O)oc(=O)c3cc12. The van der Waals surface area contributed by atoms with Crippen LogP contribution in [0.15, 0.2) is 137 Å². The van der Waals surface area contributed by atoms with E-state index >= 15 is 0 Å². The maximum atomic E-state index is 11.2. The quantitative estimate of drug-likeness (QED) is 0.144. The summed E-state index contributed by atoms with van der Waals surface area (Å²) >= 11 is 0. The lowest BCUT2D eigenvalue weighted by Crippen LogP contribution is -2.22. The summed E-state index contributed by atoms with van der Waals surface area (Å²) in [5, 5.41) is -0.0726. The summed E-state index contributed by atoms with van der Waals surface area (Å²) in [6.07, 6.45) is 2.36. The van der Waals surface area contributed by atoms with Gasteiger partial charge in [0.05, 0.1) is 43.8 Å². The van der Waals surface area contributed by atoms with Gasteiger partial charge < -0.3 is 18.3 Å². The molecule has 0 fully saturated rings. The van der Waals surface area contributed by atoms with Crippen LogP contribution in [0.1, 0.15) is 79.2 Å². The number of rotatable bonds is 2. The number of benzene rings is 5. The summed E-state index contributed by atoms with van der Waals surface area (Å²) in [5.74, 6) is -2.20. The van der Waals surface area contributed by atoms with Crippen molar-refractivity contribution in [3.8, 4) is 11.1 Å². The highest BCUT2D eigenvalue weighted by atomic mass is 16.6. The lowest BCUT2D eigenvalue weighted by Gasteiger charge is -2.29. The van der Waals surface area contributed by atoms with Crippen LogP contribution in [0, 0.1) is 0 Å². The molecule has 0 saturated carbocycles. The van der Waals surface area contributed by atoms with Crippen molar-refractivity contribution in [3.63, 3.8) is 0 Å². The van der Waals surface area contributed by atoms with E-state index in [9.17, 15) is 38.4 Å². The van der Waals surface area contributed by atoms with Gasteiger partial charge in [-0.05, 0) is 71.5 Å². The predicted molar refractivity (Wildman–Crippen MR) is 199 cm³/mol. The van der Waals surface area contributed by atoms with Crippen molar-refractivity contribution < 1.29 is 37.5 Å². The van der Waals surface area contributed by atoms with E-state index in [1.165, 1.54) is 35.1 Å². The van der Waals surface area contributed by atoms with Crippen molar-refractivity contribution in [1.29, 1.82) is 0 Å². The lowest BCUT2D eigenvalue weighted by atomic mass is 9.74. The minimum absolute atomic E-state index is 0.0181. The molecular weight excluding hydrogens is 708 g/mol. The van der Waals surface area contributed by atoms with Crippen molar-refractivity contribution in [3.05, 3.63) is 184 Å². The van der Waals surface area contributed by atoms with Gasteiger partial charge in [-0.15, -0.1) is 0 Å². The molecule has 4 heterocycles. The summed E-state index contributed by atoms with van der Waals surface area (Å²) in [7, 11) is 0. The molecule has 1 aliphatic carbocycles. The Hall–Kier alpha value is -7.34. The van der Waals surface area contributed by atoms with E-state index in [0.717, 1.165) is 12.1 Å². The standard InChI is InChI=1S/C17H18.C10H2O6.2C8H4O3/c1-3-17(4-2)15-11-7-5-9-13(15)14-10-6-8-12-16(14)17;11-7-3-1-4-6(10(14)16-8(4)12)2-5(3)9(13)15-7;2*9-7-5-3-1-2-4-6(5)8(10)11-7/h5-12H,3-4H2,1-2H3;1-2H;2*1-4H. The number of hydrogen-bond donors (Lipinski definition) is 0. The molecule has 0 spiro atoms. The Morgan fingerprint density at radius 2 is 0.636 bits per heavy atom. The van der Waals surface area contributed by atoms with Crippen LogP contribution in [-0.2, 0) is 14.9 Å². The number of furan rings is 2. The van der Waals surface area contributed by atoms with Gasteiger partial charge in [0, 0.05) is 5.41 Å². The topological polar surface area (TPSA) is 181 Å². The van der Waals surface area contributed by atoms with E-state index in [1.807, 2.05) is 0 Å². The third-order valence-electron chi connectivity index (χ3n) is 9.90. The number of carbonyl (C=O) groups is 4. The Bertz CT molecular complexity index is 2590. The first-order valence-electron chi connectivity index (χ1n) is 17.1. The summed E-state index contributed by atoms with van der Waals surface area (Å²) in [4.78, 5) is 88.1. The Kier molecular flexibility index (Phi) is 9.33. The molecule has 10 rings (SSSR count). The van der Waals surface area contributed by atoms with E-state index in [2.05, 4.69) is 80.7 Å². The number of fused-ring (bicyclic) bond motifs is 7. The number of ether oxygens (including phenoxy) is 2.